The zero-order valence-corrected chi connectivity index (χ0v) is 17.8. The second-order valence-electron chi connectivity index (χ2n) is 7.22. The molecule has 0 saturated carbocycles. The number of carbonyl (C=O) groups is 4. The predicted molar refractivity (Wildman–Crippen MR) is 106 cm³/mol. The number of carbonyl (C=O) groups excluding carboxylic acids is 4. The quantitative estimate of drug-likeness (QED) is 0.280. The fraction of sp³-hybridized carbons (Fsp3) is 0.789. The van der Waals surface area contributed by atoms with E-state index < -0.39 is 30.2 Å². The molecule has 3 N–H and O–H groups in total. The molecule has 0 spiro atoms. The molecule has 1 saturated heterocycles. The summed E-state index contributed by atoms with van der Waals surface area (Å²) in [5.41, 5.74) is 0. The Morgan fingerprint density at radius 2 is 1.83 bits per heavy atom. The van der Waals surface area contributed by atoms with Gasteiger partial charge >= 0.3 is 18.1 Å². The van der Waals surface area contributed by atoms with Crippen LogP contribution < -0.4 is 16.0 Å². The summed E-state index contributed by atoms with van der Waals surface area (Å²) in [6, 6.07) is -2.17. The molecule has 2 unspecified atom stereocenters. The molecule has 29 heavy (non-hydrogen) atoms. The van der Waals surface area contributed by atoms with Crippen molar-refractivity contribution in [1.82, 2.24) is 20.9 Å². The SMILES string of the molecule is CCCNC(=O)NC(C)C(=O)OC(=O)N1CCCC1C(=O)NCCCOC(C)C. The molecule has 0 aromatic carbocycles. The summed E-state index contributed by atoms with van der Waals surface area (Å²) < 4.78 is 10.3. The monoisotopic (exact) mass is 414 g/mol. The lowest BCUT2D eigenvalue weighted by Gasteiger charge is -2.23. The number of urea groups is 1. The lowest BCUT2D eigenvalue weighted by Crippen LogP contribution is -2.49. The number of amides is 4. The Morgan fingerprint density at radius 1 is 1.10 bits per heavy atom. The Kier molecular flexibility index (Phi) is 11.0. The summed E-state index contributed by atoms with van der Waals surface area (Å²) in [7, 11) is 0. The highest BCUT2D eigenvalue weighted by Crippen LogP contribution is 2.18. The van der Waals surface area contributed by atoms with E-state index in [1.54, 1.807) is 0 Å². The number of hydrogen-bond acceptors (Lipinski definition) is 6. The number of likely N-dealkylation sites (tertiary alicyclic amines) is 1. The van der Waals surface area contributed by atoms with Crippen molar-refractivity contribution in [2.75, 3.05) is 26.2 Å². The van der Waals surface area contributed by atoms with Gasteiger partial charge in [-0.25, -0.2) is 14.4 Å². The molecule has 10 nitrogen and oxygen atoms in total. The summed E-state index contributed by atoms with van der Waals surface area (Å²) in [5, 5.41) is 7.76. The van der Waals surface area contributed by atoms with Crippen LogP contribution in [-0.2, 0) is 19.1 Å². The van der Waals surface area contributed by atoms with Crippen LogP contribution in [0.4, 0.5) is 9.59 Å². The molecule has 2 atom stereocenters. The van der Waals surface area contributed by atoms with Crippen LogP contribution in [0.25, 0.3) is 0 Å². The second-order valence-corrected chi connectivity index (χ2v) is 7.22. The van der Waals surface area contributed by atoms with Crippen molar-refractivity contribution in [1.29, 1.82) is 0 Å². The molecule has 0 aliphatic carbocycles. The van der Waals surface area contributed by atoms with Crippen molar-refractivity contribution in [2.24, 2.45) is 0 Å². The standard InChI is InChI=1S/C19H34N4O6/c1-5-9-21-18(26)22-14(4)17(25)29-19(27)23-11-6-8-15(23)16(24)20-10-7-12-28-13(2)3/h13-15H,5-12H2,1-4H3,(H,20,24)(H2,21,22,26). The Labute approximate surface area is 172 Å². The molecule has 10 heteroatoms. The molecule has 0 aromatic rings. The van der Waals surface area contributed by atoms with Crippen LogP contribution in [0.5, 0.6) is 0 Å². The summed E-state index contributed by atoms with van der Waals surface area (Å²) in [6.45, 7) is 9.00. The zero-order valence-electron chi connectivity index (χ0n) is 17.8. The van der Waals surface area contributed by atoms with Crippen molar-refractivity contribution in [3.8, 4) is 0 Å². The molecule has 0 bridgehead atoms. The van der Waals surface area contributed by atoms with Gasteiger partial charge in [0.05, 0.1) is 6.10 Å². The number of nitrogens with zero attached hydrogens (tertiary/aromatic N) is 1. The van der Waals surface area contributed by atoms with Gasteiger partial charge in [0.15, 0.2) is 0 Å². The van der Waals surface area contributed by atoms with Gasteiger partial charge in [-0.15, -0.1) is 0 Å². The first-order valence-electron chi connectivity index (χ1n) is 10.2. The van der Waals surface area contributed by atoms with Crippen molar-refractivity contribution >= 4 is 24.0 Å². The topological polar surface area (TPSA) is 126 Å². The normalized spacial score (nSPS) is 17.0. The maximum Gasteiger partial charge on any atom is 0.418 e. The van der Waals surface area contributed by atoms with Gasteiger partial charge in [0.25, 0.3) is 0 Å². The summed E-state index contributed by atoms with van der Waals surface area (Å²) in [4.78, 5) is 49.6. The van der Waals surface area contributed by atoms with Crippen LogP contribution in [0.15, 0.2) is 0 Å². The fourth-order valence-corrected chi connectivity index (χ4v) is 2.76. The summed E-state index contributed by atoms with van der Waals surface area (Å²) >= 11 is 0. The van der Waals surface area contributed by atoms with E-state index in [-0.39, 0.29) is 12.0 Å². The first-order valence-corrected chi connectivity index (χ1v) is 10.2. The molecule has 1 aliphatic heterocycles. The Bertz CT molecular complexity index is 569. The maximum absolute atomic E-state index is 12.4. The van der Waals surface area contributed by atoms with Crippen LogP contribution in [0, 0.1) is 0 Å². The highest BCUT2D eigenvalue weighted by molar-refractivity contribution is 5.92. The largest absolute Gasteiger partial charge is 0.418 e. The number of nitrogens with one attached hydrogen (secondary N) is 3. The van der Waals surface area contributed by atoms with Crippen LogP contribution in [0.1, 0.15) is 53.4 Å². The van der Waals surface area contributed by atoms with E-state index in [4.69, 9.17) is 9.47 Å². The van der Waals surface area contributed by atoms with Gasteiger partial charge in [-0.3, -0.25) is 9.69 Å². The first-order chi connectivity index (χ1) is 13.8. The van der Waals surface area contributed by atoms with E-state index in [1.165, 1.54) is 11.8 Å². The minimum atomic E-state index is -0.994. The van der Waals surface area contributed by atoms with E-state index in [2.05, 4.69) is 16.0 Å². The fourth-order valence-electron chi connectivity index (χ4n) is 2.76. The van der Waals surface area contributed by atoms with Crippen LogP contribution in [-0.4, -0.2) is 73.3 Å². The first kappa shape index (κ1) is 24.7. The van der Waals surface area contributed by atoms with E-state index in [0.29, 0.717) is 45.5 Å². The Balaban J connectivity index is 2.44. The van der Waals surface area contributed by atoms with Gasteiger partial charge in [0.2, 0.25) is 5.91 Å². The number of hydrogen-bond donors (Lipinski definition) is 3. The van der Waals surface area contributed by atoms with Gasteiger partial charge in [0, 0.05) is 26.2 Å². The average Bonchev–Trinajstić information content (AvgIpc) is 3.15. The van der Waals surface area contributed by atoms with Crippen LogP contribution in [0.2, 0.25) is 0 Å². The smallest absolute Gasteiger partial charge is 0.379 e. The molecule has 0 radical (unpaired) electrons. The van der Waals surface area contributed by atoms with Crippen LogP contribution >= 0.6 is 0 Å². The lowest BCUT2D eigenvalue weighted by atomic mass is 10.2. The molecule has 1 rings (SSSR count). The van der Waals surface area contributed by atoms with Gasteiger partial charge in [-0.2, -0.15) is 0 Å². The third kappa shape index (κ3) is 9.12. The third-order valence-electron chi connectivity index (χ3n) is 4.29. The van der Waals surface area contributed by atoms with Crippen LogP contribution in [0.3, 0.4) is 0 Å². The molecule has 1 heterocycles. The van der Waals surface area contributed by atoms with Gasteiger partial charge < -0.3 is 25.4 Å². The minimum Gasteiger partial charge on any atom is -0.379 e. The maximum atomic E-state index is 12.4. The molecule has 1 fully saturated rings. The van der Waals surface area contributed by atoms with E-state index in [9.17, 15) is 19.2 Å². The predicted octanol–water partition coefficient (Wildman–Crippen LogP) is 1.14. The number of ether oxygens (including phenoxy) is 2. The van der Waals surface area contributed by atoms with Crippen molar-refractivity contribution in [3.63, 3.8) is 0 Å². The van der Waals surface area contributed by atoms with Crippen molar-refractivity contribution in [2.45, 2.75) is 71.6 Å². The van der Waals surface area contributed by atoms with E-state index in [1.807, 2.05) is 20.8 Å². The average molecular weight is 415 g/mol. The third-order valence-corrected chi connectivity index (χ3v) is 4.29. The minimum absolute atomic E-state index is 0.137. The number of rotatable bonds is 10. The highest BCUT2D eigenvalue weighted by Gasteiger charge is 2.36. The Hall–Kier alpha value is -2.36. The Morgan fingerprint density at radius 3 is 2.48 bits per heavy atom. The molecule has 1 aliphatic rings. The zero-order chi connectivity index (χ0) is 21.8. The van der Waals surface area contributed by atoms with E-state index >= 15 is 0 Å². The molecule has 0 aromatic heterocycles. The molecule has 166 valence electrons. The number of esters is 1. The van der Waals surface area contributed by atoms with Crippen molar-refractivity contribution in [3.05, 3.63) is 0 Å². The highest BCUT2D eigenvalue weighted by atomic mass is 16.6. The molecule has 4 amide bonds. The van der Waals surface area contributed by atoms with Gasteiger partial charge in [0.1, 0.15) is 12.1 Å². The molecular formula is C19H34N4O6. The summed E-state index contributed by atoms with van der Waals surface area (Å²) in [6.07, 6.45) is 1.84. The van der Waals surface area contributed by atoms with Gasteiger partial charge in [-0.05, 0) is 46.5 Å². The van der Waals surface area contributed by atoms with E-state index in [0.717, 1.165) is 6.42 Å². The van der Waals surface area contributed by atoms with Gasteiger partial charge in [-0.1, -0.05) is 6.92 Å². The second kappa shape index (κ2) is 13.0. The van der Waals surface area contributed by atoms with Crippen molar-refractivity contribution < 1.29 is 28.7 Å². The summed E-state index contributed by atoms with van der Waals surface area (Å²) in [5.74, 6) is -1.15. The molecular weight excluding hydrogens is 380 g/mol. The lowest BCUT2D eigenvalue weighted by molar-refractivity contribution is -0.141.